The lowest BCUT2D eigenvalue weighted by Crippen LogP contribution is -2.13. The molecule has 0 atom stereocenters. The van der Waals surface area contributed by atoms with Crippen LogP contribution in [0.25, 0.3) is 0 Å². The third-order valence-corrected chi connectivity index (χ3v) is 4.34. The number of hydrogen-bond acceptors (Lipinski definition) is 7. The molecule has 8 heteroatoms. The summed E-state index contributed by atoms with van der Waals surface area (Å²) in [5, 5.41) is 12.8. The molecule has 1 aromatic carbocycles. The van der Waals surface area contributed by atoms with Gasteiger partial charge in [0.15, 0.2) is 0 Å². The van der Waals surface area contributed by atoms with E-state index in [9.17, 15) is 0 Å². The Morgan fingerprint density at radius 1 is 1.25 bits per heavy atom. The number of nitrogens with one attached hydrogen (secondary N) is 1. The Hall–Kier alpha value is -2.87. The first kappa shape index (κ1) is 16.0. The Bertz CT molecular complexity index is 829. The van der Waals surface area contributed by atoms with Gasteiger partial charge in [-0.05, 0) is 24.1 Å². The number of hydrazone groups is 1. The molecule has 0 saturated carbocycles. The molecule has 0 aliphatic heterocycles. The van der Waals surface area contributed by atoms with Crippen molar-refractivity contribution in [1.82, 2.24) is 19.9 Å². The van der Waals surface area contributed by atoms with E-state index in [0.29, 0.717) is 11.1 Å². The highest BCUT2D eigenvalue weighted by molar-refractivity contribution is 7.98. The average molecular weight is 339 g/mol. The highest BCUT2D eigenvalue weighted by Gasteiger charge is 2.10. The summed E-state index contributed by atoms with van der Waals surface area (Å²) in [6.45, 7) is 2.09. The molecule has 2 aromatic heterocycles. The molecule has 0 aliphatic rings. The van der Waals surface area contributed by atoms with Crippen molar-refractivity contribution in [3.8, 4) is 0 Å². The highest BCUT2D eigenvalue weighted by atomic mass is 32.2. The molecule has 7 nitrogen and oxygen atoms in total. The van der Waals surface area contributed by atoms with E-state index in [-0.39, 0.29) is 0 Å². The van der Waals surface area contributed by atoms with Crippen LogP contribution in [0.1, 0.15) is 16.7 Å². The molecular weight excluding hydrogens is 322 g/mol. The zero-order chi connectivity index (χ0) is 16.8. The minimum absolute atomic E-state index is 0.377. The molecule has 3 aromatic rings. The third-order valence-electron chi connectivity index (χ3n) is 3.35. The van der Waals surface area contributed by atoms with Crippen LogP contribution in [0.2, 0.25) is 0 Å². The van der Waals surface area contributed by atoms with Crippen LogP contribution in [0.5, 0.6) is 0 Å². The lowest BCUT2D eigenvalue weighted by Gasteiger charge is -2.05. The van der Waals surface area contributed by atoms with Gasteiger partial charge in [-0.2, -0.15) is 5.10 Å². The lowest BCUT2D eigenvalue weighted by molar-refractivity contribution is 0.847. The minimum atomic E-state index is 0.377. The Morgan fingerprint density at radius 2 is 2.12 bits per heavy atom. The maximum absolute atomic E-state index is 6.01. The number of hydrogen-bond donors (Lipinski definition) is 2. The molecule has 0 fully saturated rings. The SMILES string of the molecule is Cc1ccccc1CSc1nnc(N/N=C/c2cccnc2)n1N. The molecule has 0 unspecified atom stereocenters. The standard InChI is InChI=1S/C16H17N7S/c1-12-5-2-3-7-14(12)11-24-16-22-21-15(23(16)17)20-19-10-13-6-4-8-18-9-13/h2-10H,11,17H2,1H3,(H,20,21)/b19-10+. The van der Waals surface area contributed by atoms with Gasteiger partial charge in [-0.15, -0.1) is 10.2 Å². The first-order valence-corrected chi connectivity index (χ1v) is 8.29. The summed E-state index contributed by atoms with van der Waals surface area (Å²) in [4.78, 5) is 4.01. The monoisotopic (exact) mass is 339 g/mol. The fraction of sp³-hybridized carbons (Fsp3) is 0.125. The van der Waals surface area contributed by atoms with Gasteiger partial charge in [0.25, 0.3) is 5.95 Å². The van der Waals surface area contributed by atoms with Crippen molar-refractivity contribution in [2.75, 3.05) is 11.3 Å². The normalized spacial score (nSPS) is 11.0. The summed E-state index contributed by atoms with van der Waals surface area (Å²) in [5.41, 5.74) is 6.15. The minimum Gasteiger partial charge on any atom is -0.334 e. The predicted molar refractivity (Wildman–Crippen MR) is 96.4 cm³/mol. The van der Waals surface area contributed by atoms with E-state index >= 15 is 0 Å². The molecule has 3 rings (SSSR count). The van der Waals surface area contributed by atoms with Gasteiger partial charge in [-0.3, -0.25) is 4.98 Å². The lowest BCUT2D eigenvalue weighted by atomic mass is 10.1. The van der Waals surface area contributed by atoms with Crippen LogP contribution in [0.4, 0.5) is 5.95 Å². The second-order valence-electron chi connectivity index (χ2n) is 5.05. The number of thioether (sulfide) groups is 1. The number of rotatable bonds is 6. The van der Waals surface area contributed by atoms with Gasteiger partial charge in [0.2, 0.25) is 5.16 Å². The quantitative estimate of drug-likeness (QED) is 0.310. The molecule has 0 bridgehead atoms. The Labute approximate surface area is 144 Å². The van der Waals surface area contributed by atoms with Crippen LogP contribution in [0, 0.1) is 6.92 Å². The Kier molecular flexibility index (Phi) is 5.07. The van der Waals surface area contributed by atoms with Crippen LogP contribution in [-0.2, 0) is 5.75 Å². The van der Waals surface area contributed by atoms with Crippen molar-refractivity contribution in [2.24, 2.45) is 5.10 Å². The van der Waals surface area contributed by atoms with Crippen molar-refractivity contribution in [3.63, 3.8) is 0 Å². The van der Waals surface area contributed by atoms with E-state index in [0.717, 1.165) is 11.3 Å². The number of anilines is 1. The van der Waals surface area contributed by atoms with Crippen molar-refractivity contribution in [1.29, 1.82) is 0 Å². The molecule has 122 valence electrons. The number of pyridine rings is 1. The van der Waals surface area contributed by atoms with E-state index in [1.54, 1.807) is 18.6 Å². The number of aromatic nitrogens is 4. The first-order valence-electron chi connectivity index (χ1n) is 7.31. The molecule has 0 spiro atoms. The summed E-state index contributed by atoms with van der Waals surface area (Å²) in [7, 11) is 0. The molecular formula is C16H17N7S. The number of nitrogen functional groups attached to an aromatic ring is 1. The average Bonchev–Trinajstić information content (AvgIpc) is 2.95. The fourth-order valence-corrected chi connectivity index (χ4v) is 2.92. The van der Waals surface area contributed by atoms with E-state index in [1.165, 1.54) is 27.6 Å². The summed E-state index contributed by atoms with van der Waals surface area (Å²) in [5.74, 6) is 7.16. The zero-order valence-electron chi connectivity index (χ0n) is 13.1. The van der Waals surface area contributed by atoms with Gasteiger partial charge in [0.1, 0.15) is 0 Å². The molecule has 3 N–H and O–H groups in total. The third kappa shape index (κ3) is 3.90. The maximum Gasteiger partial charge on any atom is 0.264 e. The predicted octanol–water partition coefficient (Wildman–Crippen LogP) is 2.43. The number of aryl methyl sites for hydroxylation is 1. The molecule has 24 heavy (non-hydrogen) atoms. The maximum atomic E-state index is 6.01. The number of benzene rings is 1. The summed E-state index contributed by atoms with van der Waals surface area (Å²) in [6, 6.07) is 12.0. The smallest absolute Gasteiger partial charge is 0.264 e. The summed E-state index contributed by atoms with van der Waals surface area (Å²) >= 11 is 1.53. The summed E-state index contributed by atoms with van der Waals surface area (Å²) in [6.07, 6.45) is 5.06. The van der Waals surface area contributed by atoms with Crippen LogP contribution < -0.4 is 11.3 Å². The molecule has 2 heterocycles. The van der Waals surface area contributed by atoms with Gasteiger partial charge in [0.05, 0.1) is 6.21 Å². The van der Waals surface area contributed by atoms with Gasteiger partial charge < -0.3 is 5.84 Å². The number of nitrogens with two attached hydrogens (primary N) is 1. The molecule has 0 saturated heterocycles. The zero-order valence-corrected chi connectivity index (χ0v) is 13.9. The molecule has 0 aliphatic carbocycles. The van der Waals surface area contributed by atoms with Crippen molar-refractivity contribution >= 4 is 23.9 Å². The van der Waals surface area contributed by atoms with Gasteiger partial charge >= 0.3 is 0 Å². The van der Waals surface area contributed by atoms with E-state index in [4.69, 9.17) is 5.84 Å². The molecule has 0 amide bonds. The van der Waals surface area contributed by atoms with Crippen LogP contribution >= 0.6 is 11.8 Å². The second kappa shape index (κ2) is 7.60. The van der Waals surface area contributed by atoms with Crippen molar-refractivity contribution in [3.05, 3.63) is 65.5 Å². The van der Waals surface area contributed by atoms with Gasteiger partial charge in [-0.1, -0.05) is 42.1 Å². The fourth-order valence-electron chi connectivity index (χ4n) is 1.98. The number of nitrogens with zero attached hydrogens (tertiary/aromatic N) is 5. The van der Waals surface area contributed by atoms with Gasteiger partial charge in [0, 0.05) is 23.7 Å². The second-order valence-corrected chi connectivity index (χ2v) is 5.99. The first-order chi connectivity index (χ1) is 11.7. The van der Waals surface area contributed by atoms with E-state index in [1.807, 2.05) is 24.3 Å². The largest absolute Gasteiger partial charge is 0.334 e. The van der Waals surface area contributed by atoms with Crippen LogP contribution in [-0.4, -0.2) is 26.1 Å². The topological polar surface area (TPSA) is 94.0 Å². The van der Waals surface area contributed by atoms with Gasteiger partial charge in [-0.25, -0.2) is 10.1 Å². The molecule has 0 radical (unpaired) electrons. The van der Waals surface area contributed by atoms with Crippen LogP contribution in [0.15, 0.2) is 59.0 Å². The Morgan fingerprint density at radius 3 is 2.92 bits per heavy atom. The van der Waals surface area contributed by atoms with E-state index in [2.05, 4.69) is 44.8 Å². The van der Waals surface area contributed by atoms with Crippen LogP contribution in [0.3, 0.4) is 0 Å². The summed E-state index contributed by atoms with van der Waals surface area (Å²) < 4.78 is 1.39. The van der Waals surface area contributed by atoms with E-state index < -0.39 is 0 Å². The Balaban J connectivity index is 1.61. The van der Waals surface area contributed by atoms with Crippen molar-refractivity contribution < 1.29 is 0 Å². The highest BCUT2D eigenvalue weighted by Crippen LogP contribution is 2.23. The van der Waals surface area contributed by atoms with Crippen molar-refractivity contribution in [2.45, 2.75) is 17.8 Å².